The third-order valence-electron chi connectivity index (χ3n) is 1.38. The lowest BCUT2D eigenvalue weighted by Crippen LogP contribution is -1.83. The van der Waals surface area contributed by atoms with E-state index >= 15 is 0 Å². The third-order valence-corrected chi connectivity index (χ3v) is 1.38. The molecule has 0 bridgehead atoms. The van der Waals surface area contributed by atoms with Gasteiger partial charge in [0, 0.05) is 0 Å². The summed E-state index contributed by atoms with van der Waals surface area (Å²) in [5.41, 5.74) is 0. The first kappa shape index (κ1) is 12.1. The van der Waals surface area contributed by atoms with Crippen molar-refractivity contribution < 1.29 is 13.5 Å². The van der Waals surface area contributed by atoms with Crippen molar-refractivity contribution in [2.75, 3.05) is 0 Å². The smallest absolute Gasteiger partial charge is 0.275 e. The van der Waals surface area contributed by atoms with Crippen LogP contribution in [0.15, 0.2) is 24.2 Å². The molecule has 0 aromatic carbocycles. The monoisotopic (exact) mass is 190 g/mol. The molecule has 13 heavy (non-hydrogen) atoms. The second kappa shape index (κ2) is 7.77. The van der Waals surface area contributed by atoms with Crippen molar-refractivity contribution in [3.8, 4) is 0 Å². The summed E-state index contributed by atoms with van der Waals surface area (Å²) in [6.07, 6.45) is 5.23. The van der Waals surface area contributed by atoms with Crippen molar-refractivity contribution in [3.63, 3.8) is 0 Å². The maximum Gasteiger partial charge on any atom is 0.275 e. The van der Waals surface area contributed by atoms with E-state index in [1.165, 1.54) is 12.2 Å². The first-order valence-electron chi connectivity index (χ1n) is 4.59. The van der Waals surface area contributed by atoms with Crippen molar-refractivity contribution in [1.29, 1.82) is 0 Å². The number of unbranched alkanes of at least 4 members (excludes halogenated alkanes) is 2. The standard InChI is InChI=1S/C10H16F2O/c1-3-5-7-9(11)13-10(12)8-6-4-2/h7-8H,3-6H2,1-2H3/b9-7+,10-8+. The van der Waals surface area contributed by atoms with Crippen LogP contribution in [0.2, 0.25) is 0 Å². The van der Waals surface area contributed by atoms with E-state index in [9.17, 15) is 8.78 Å². The molecule has 0 rings (SSSR count). The van der Waals surface area contributed by atoms with E-state index in [1.807, 2.05) is 13.8 Å². The van der Waals surface area contributed by atoms with Gasteiger partial charge in [-0.1, -0.05) is 26.7 Å². The van der Waals surface area contributed by atoms with E-state index in [1.54, 1.807) is 0 Å². The van der Waals surface area contributed by atoms with E-state index in [-0.39, 0.29) is 0 Å². The van der Waals surface area contributed by atoms with Crippen LogP contribution in [0.4, 0.5) is 8.78 Å². The molecule has 0 atom stereocenters. The average molecular weight is 190 g/mol. The van der Waals surface area contributed by atoms with Crippen molar-refractivity contribution in [3.05, 3.63) is 24.2 Å². The molecule has 0 aliphatic heterocycles. The number of hydrogen-bond donors (Lipinski definition) is 0. The average Bonchev–Trinajstić information content (AvgIpc) is 2.11. The van der Waals surface area contributed by atoms with Gasteiger partial charge in [-0.3, -0.25) is 0 Å². The molecule has 0 aliphatic carbocycles. The highest BCUT2D eigenvalue weighted by Gasteiger charge is 1.99. The predicted molar refractivity (Wildman–Crippen MR) is 49.3 cm³/mol. The fourth-order valence-corrected chi connectivity index (χ4v) is 0.692. The highest BCUT2D eigenvalue weighted by Crippen LogP contribution is 2.11. The van der Waals surface area contributed by atoms with Gasteiger partial charge in [0.05, 0.1) is 0 Å². The highest BCUT2D eigenvalue weighted by atomic mass is 19.2. The lowest BCUT2D eigenvalue weighted by atomic mass is 10.3. The Morgan fingerprint density at radius 3 is 1.69 bits per heavy atom. The van der Waals surface area contributed by atoms with Crippen LogP contribution >= 0.6 is 0 Å². The molecular weight excluding hydrogens is 174 g/mol. The zero-order valence-corrected chi connectivity index (χ0v) is 8.15. The molecule has 3 heteroatoms. The molecule has 1 nitrogen and oxygen atoms in total. The number of hydrogen-bond acceptors (Lipinski definition) is 1. The molecule has 0 aliphatic rings. The van der Waals surface area contributed by atoms with E-state index in [4.69, 9.17) is 0 Å². The number of ether oxygens (including phenoxy) is 1. The Morgan fingerprint density at radius 1 is 1.00 bits per heavy atom. The molecule has 0 unspecified atom stereocenters. The number of allylic oxidation sites excluding steroid dienone is 2. The molecule has 0 spiro atoms. The molecule has 0 radical (unpaired) electrons. The SMILES string of the molecule is CCC/C=C(\F)O/C(F)=C/CCC. The van der Waals surface area contributed by atoms with E-state index in [2.05, 4.69) is 4.74 Å². The van der Waals surface area contributed by atoms with Gasteiger partial charge in [0.1, 0.15) is 0 Å². The first-order chi connectivity index (χ1) is 6.20. The minimum absolute atomic E-state index is 0.562. The second-order valence-electron chi connectivity index (χ2n) is 2.70. The van der Waals surface area contributed by atoms with Gasteiger partial charge in [-0.15, -0.1) is 0 Å². The summed E-state index contributed by atoms with van der Waals surface area (Å²) in [5, 5.41) is 0. The van der Waals surface area contributed by atoms with Gasteiger partial charge in [-0.05, 0) is 25.0 Å². The predicted octanol–water partition coefficient (Wildman–Crippen LogP) is 4.23. The number of rotatable bonds is 6. The van der Waals surface area contributed by atoms with Crippen molar-refractivity contribution in [2.45, 2.75) is 39.5 Å². The van der Waals surface area contributed by atoms with Crippen LogP contribution in [0.1, 0.15) is 39.5 Å². The Kier molecular flexibility index (Phi) is 7.26. The number of halogens is 2. The van der Waals surface area contributed by atoms with E-state index < -0.39 is 12.0 Å². The zero-order chi connectivity index (χ0) is 10.1. The van der Waals surface area contributed by atoms with Gasteiger partial charge in [0.25, 0.3) is 12.0 Å². The molecule has 0 saturated heterocycles. The summed E-state index contributed by atoms with van der Waals surface area (Å²) in [5.74, 6) is 0. The molecule has 0 N–H and O–H groups in total. The van der Waals surface area contributed by atoms with Crippen LogP contribution in [0.25, 0.3) is 0 Å². The van der Waals surface area contributed by atoms with Crippen molar-refractivity contribution >= 4 is 0 Å². The van der Waals surface area contributed by atoms with Gasteiger partial charge >= 0.3 is 0 Å². The van der Waals surface area contributed by atoms with Crippen LogP contribution in [0.3, 0.4) is 0 Å². The third kappa shape index (κ3) is 7.50. The lowest BCUT2D eigenvalue weighted by molar-refractivity contribution is 0.152. The van der Waals surface area contributed by atoms with Gasteiger partial charge < -0.3 is 4.74 Å². The molecular formula is C10H16F2O. The molecule has 0 heterocycles. The Bertz CT molecular complexity index is 165. The maximum atomic E-state index is 12.6. The summed E-state index contributed by atoms with van der Waals surface area (Å²) in [6.45, 7) is 3.82. The summed E-state index contributed by atoms with van der Waals surface area (Å²) < 4.78 is 29.5. The van der Waals surface area contributed by atoms with Crippen LogP contribution in [-0.2, 0) is 4.74 Å². The van der Waals surface area contributed by atoms with Gasteiger partial charge in [0.2, 0.25) is 0 Å². The van der Waals surface area contributed by atoms with Gasteiger partial charge in [-0.2, -0.15) is 8.78 Å². The Morgan fingerprint density at radius 2 is 1.38 bits per heavy atom. The molecule has 0 amide bonds. The molecule has 76 valence electrons. The topological polar surface area (TPSA) is 9.23 Å². The molecule has 0 aromatic heterocycles. The van der Waals surface area contributed by atoms with E-state index in [0.717, 1.165) is 12.8 Å². The van der Waals surface area contributed by atoms with Crippen molar-refractivity contribution in [1.82, 2.24) is 0 Å². The Hall–Kier alpha value is -0.860. The largest absolute Gasteiger partial charge is 0.404 e. The molecule has 0 aromatic rings. The maximum absolute atomic E-state index is 12.6. The summed E-state index contributed by atoms with van der Waals surface area (Å²) in [7, 11) is 0. The minimum Gasteiger partial charge on any atom is -0.404 e. The van der Waals surface area contributed by atoms with Crippen molar-refractivity contribution in [2.24, 2.45) is 0 Å². The highest BCUT2D eigenvalue weighted by molar-refractivity contribution is 4.90. The minimum atomic E-state index is -0.855. The van der Waals surface area contributed by atoms with Crippen LogP contribution < -0.4 is 0 Å². The Labute approximate surface area is 78.1 Å². The van der Waals surface area contributed by atoms with Crippen LogP contribution in [0.5, 0.6) is 0 Å². The normalized spacial score (nSPS) is 13.2. The lowest BCUT2D eigenvalue weighted by Gasteiger charge is -1.98. The van der Waals surface area contributed by atoms with E-state index in [0.29, 0.717) is 12.8 Å². The first-order valence-corrected chi connectivity index (χ1v) is 4.59. The zero-order valence-electron chi connectivity index (χ0n) is 8.15. The Balaban J connectivity index is 3.82. The molecule has 0 fully saturated rings. The van der Waals surface area contributed by atoms with Crippen LogP contribution in [0, 0.1) is 0 Å². The fraction of sp³-hybridized carbons (Fsp3) is 0.600. The van der Waals surface area contributed by atoms with Gasteiger partial charge in [-0.25, -0.2) is 0 Å². The second-order valence-corrected chi connectivity index (χ2v) is 2.70. The molecule has 0 saturated carbocycles. The summed E-state index contributed by atoms with van der Waals surface area (Å²) in [6, 6.07) is -1.71. The summed E-state index contributed by atoms with van der Waals surface area (Å²) in [4.78, 5) is 0. The quantitative estimate of drug-likeness (QED) is 0.569. The summed E-state index contributed by atoms with van der Waals surface area (Å²) >= 11 is 0. The van der Waals surface area contributed by atoms with Gasteiger partial charge in [0.15, 0.2) is 0 Å². The van der Waals surface area contributed by atoms with Crippen LogP contribution in [-0.4, -0.2) is 0 Å². The fourth-order valence-electron chi connectivity index (χ4n) is 0.692.